The van der Waals surface area contributed by atoms with Crippen LogP contribution in [0, 0.1) is 0 Å². The number of ether oxygens (including phenoxy) is 2. The fourth-order valence-electron chi connectivity index (χ4n) is 2.47. The first-order valence-electron chi connectivity index (χ1n) is 6.14. The van der Waals surface area contributed by atoms with Crippen molar-refractivity contribution in [3.8, 4) is 5.75 Å². The highest BCUT2D eigenvalue weighted by atomic mass is 79.9. The van der Waals surface area contributed by atoms with Crippen molar-refractivity contribution in [2.24, 2.45) is 0 Å². The summed E-state index contributed by atoms with van der Waals surface area (Å²) >= 11 is 6.85. The second-order valence-corrected chi connectivity index (χ2v) is 6.37. The largest absolute Gasteiger partial charge is 0.490 e. The number of morpholine rings is 1. The Kier molecular flexibility index (Phi) is 3.93. The average Bonchev–Trinajstić information content (AvgIpc) is 2.41. The lowest BCUT2D eigenvalue weighted by atomic mass is 9.99. The zero-order valence-corrected chi connectivity index (χ0v) is 13.4. The number of ketones is 1. The van der Waals surface area contributed by atoms with Crippen LogP contribution in [0.1, 0.15) is 10.4 Å². The number of hydrogen-bond donors (Lipinski definition) is 0. The zero-order valence-electron chi connectivity index (χ0n) is 10.2. The summed E-state index contributed by atoms with van der Waals surface area (Å²) in [6, 6.07) is 3.52. The van der Waals surface area contributed by atoms with Crippen molar-refractivity contribution in [2.75, 3.05) is 32.9 Å². The summed E-state index contributed by atoms with van der Waals surface area (Å²) in [4.78, 5) is 14.8. The van der Waals surface area contributed by atoms with Crippen LogP contribution in [0.2, 0.25) is 0 Å². The van der Waals surface area contributed by atoms with Crippen molar-refractivity contribution < 1.29 is 14.3 Å². The van der Waals surface area contributed by atoms with Gasteiger partial charge in [0.05, 0.1) is 23.2 Å². The number of rotatable bonds is 1. The summed E-state index contributed by atoms with van der Waals surface area (Å²) in [6.45, 7) is 3.33. The van der Waals surface area contributed by atoms with Gasteiger partial charge in [-0.25, -0.2) is 0 Å². The second-order valence-electron chi connectivity index (χ2n) is 4.60. The maximum absolute atomic E-state index is 12.6. The first-order chi connectivity index (χ1) is 9.16. The van der Waals surface area contributed by atoms with Gasteiger partial charge in [-0.2, -0.15) is 0 Å². The third-order valence-corrected chi connectivity index (χ3v) is 4.50. The summed E-state index contributed by atoms with van der Waals surface area (Å²) in [5.41, 5.74) is 0.643. The van der Waals surface area contributed by atoms with Gasteiger partial charge >= 0.3 is 0 Å². The minimum atomic E-state index is -0.197. The maximum Gasteiger partial charge on any atom is 0.187 e. The zero-order chi connectivity index (χ0) is 13.4. The number of benzene rings is 1. The van der Waals surface area contributed by atoms with Gasteiger partial charge in [0.15, 0.2) is 5.78 Å². The highest BCUT2D eigenvalue weighted by Gasteiger charge is 2.35. The van der Waals surface area contributed by atoms with E-state index in [9.17, 15) is 4.79 Å². The molecule has 1 aromatic rings. The molecule has 1 unspecified atom stereocenters. The van der Waals surface area contributed by atoms with Crippen LogP contribution in [0.15, 0.2) is 21.1 Å². The Morgan fingerprint density at radius 3 is 2.68 bits per heavy atom. The lowest BCUT2D eigenvalue weighted by Crippen LogP contribution is -2.51. The molecule has 2 aliphatic heterocycles. The summed E-state index contributed by atoms with van der Waals surface area (Å²) in [5.74, 6) is 0.780. The van der Waals surface area contributed by atoms with Crippen LogP contribution in [-0.4, -0.2) is 49.6 Å². The Balaban J connectivity index is 1.91. The molecule has 1 atom stereocenters. The predicted octanol–water partition coefficient (Wildman–Crippen LogP) is 2.49. The van der Waals surface area contributed by atoms with Crippen molar-refractivity contribution in [3.05, 3.63) is 26.6 Å². The number of carbonyl (C=O) groups excluding carboxylic acids is 1. The Bertz CT molecular complexity index is 515. The van der Waals surface area contributed by atoms with Crippen molar-refractivity contribution in [1.29, 1.82) is 0 Å². The molecule has 2 aliphatic rings. The first-order valence-corrected chi connectivity index (χ1v) is 7.73. The molecule has 0 saturated carbocycles. The summed E-state index contributed by atoms with van der Waals surface area (Å²) < 4.78 is 12.8. The molecular weight excluding hydrogens is 378 g/mol. The first kappa shape index (κ1) is 13.5. The molecule has 3 rings (SSSR count). The van der Waals surface area contributed by atoms with Crippen LogP contribution in [0.25, 0.3) is 0 Å². The fourth-order valence-corrected chi connectivity index (χ4v) is 3.81. The standard InChI is InChI=1S/C13H13Br2NO3/c14-8-5-9-12(17)11(16-1-3-18-4-2-16)7-19-13(9)10(15)6-8/h5-6,11H,1-4,7H2. The molecule has 1 saturated heterocycles. The van der Waals surface area contributed by atoms with Gasteiger partial charge in [-0.05, 0) is 28.1 Å². The number of fused-ring (bicyclic) bond motifs is 1. The molecule has 102 valence electrons. The number of nitrogens with zero attached hydrogens (tertiary/aromatic N) is 1. The lowest BCUT2D eigenvalue weighted by molar-refractivity contribution is 0.00588. The van der Waals surface area contributed by atoms with E-state index in [1.165, 1.54) is 0 Å². The van der Waals surface area contributed by atoms with Gasteiger partial charge in [0.25, 0.3) is 0 Å². The molecule has 0 amide bonds. The van der Waals surface area contributed by atoms with Crippen LogP contribution in [0.3, 0.4) is 0 Å². The second kappa shape index (κ2) is 5.52. The SMILES string of the molecule is O=C1c2cc(Br)cc(Br)c2OCC1N1CCOCC1. The van der Waals surface area contributed by atoms with Gasteiger partial charge in [0.1, 0.15) is 18.4 Å². The van der Waals surface area contributed by atoms with E-state index in [1.54, 1.807) is 0 Å². The van der Waals surface area contributed by atoms with Crippen LogP contribution in [-0.2, 0) is 4.74 Å². The van der Waals surface area contributed by atoms with E-state index in [4.69, 9.17) is 9.47 Å². The molecule has 0 aromatic heterocycles. The van der Waals surface area contributed by atoms with Gasteiger partial charge in [0, 0.05) is 17.6 Å². The average molecular weight is 391 g/mol. The van der Waals surface area contributed by atoms with Crippen molar-refractivity contribution in [2.45, 2.75) is 6.04 Å². The molecule has 1 fully saturated rings. The van der Waals surface area contributed by atoms with E-state index in [2.05, 4.69) is 36.8 Å². The van der Waals surface area contributed by atoms with Gasteiger partial charge in [-0.15, -0.1) is 0 Å². The number of halogens is 2. The molecule has 0 radical (unpaired) electrons. The van der Waals surface area contributed by atoms with Crippen LogP contribution in [0.5, 0.6) is 5.75 Å². The molecule has 6 heteroatoms. The van der Waals surface area contributed by atoms with E-state index < -0.39 is 0 Å². The topological polar surface area (TPSA) is 38.8 Å². The molecule has 1 aromatic carbocycles. The highest BCUT2D eigenvalue weighted by Crippen LogP contribution is 2.36. The van der Waals surface area contributed by atoms with Crippen molar-refractivity contribution in [1.82, 2.24) is 4.90 Å². The Morgan fingerprint density at radius 1 is 1.21 bits per heavy atom. The van der Waals surface area contributed by atoms with E-state index in [0.29, 0.717) is 31.1 Å². The fraction of sp³-hybridized carbons (Fsp3) is 0.462. The summed E-state index contributed by atoms with van der Waals surface area (Å²) in [7, 11) is 0. The lowest BCUT2D eigenvalue weighted by Gasteiger charge is -2.36. The van der Waals surface area contributed by atoms with Gasteiger partial charge in [-0.3, -0.25) is 9.69 Å². The summed E-state index contributed by atoms with van der Waals surface area (Å²) in [5, 5.41) is 0. The molecule has 0 spiro atoms. The third kappa shape index (κ3) is 2.59. The van der Waals surface area contributed by atoms with E-state index >= 15 is 0 Å². The van der Waals surface area contributed by atoms with Crippen LogP contribution in [0.4, 0.5) is 0 Å². The molecule has 0 N–H and O–H groups in total. The smallest absolute Gasteiger partial charge is 0.187 e. The molecule has 2 heterocycles. The monoisotopic (exact) mass is 389 g/mol. The Hall–Kier alpha value is -0.430. The molecular formula is C13H13Br2NO3. The van der Waals surface area contributed by atoms with Crippen molar-refractivity contribution in [3.63, 3.8) is 0 Å². The van der Waals surface area contributed by atoms with Crippen molar-refractivity contribution >= 4 is 37.6 Å². The number of Topliss-reactive ketones (excluding diaryl/α,β-unsaturated/α-hetero) is 1. The third-order valence-electron chi connectivity index (χ3n) is 3.45. The van der Waals surface area contributed by atoms with Gasteiger partial charge in [0.2, 0.25) is 0 Å². The number of carbonyl (C=O) groups is 1. The van der Waals surface area contributed by atoms with Gasteiger partial charge in [-0.1, -0.05) is 15.9 Å². The molecule has 19 heavy (non-hydrogen) atoms. The summed E-state index contributed by atoms with van der Waals surface area (Å²) in [6.07, 6.45) is 0. The normalized spacial score (nSPS) is 23.9. The van der Waals surface area contributed by atoms with Crippen LogP contribution < -0.4 is 4.74 Å². The molecule has 0 bridgehead atoms. The Morgan fingerprint density at radius 2 is 1.95 bits per heavy atom. The van der Waals surface area contributed by atoms with Gasteiger partial charge < -0.3 is 9.47 Å². The Labute approximate surface area is 128 Å². The molecule has 4 nitrogen and oxygen atoms in total. The van der Waals surface area contributed by atoms with Crippen LogP contribution >= 0.6 is 31.9 Å². The quantitative estimate of drug-likeness (QED) is 0.738. The predicted molar refractivity (Wildman–Crippen MR) is 77.8 cm³/mol. The maximum atomic E-state index is 12.6. The molecule has 0 aliphatic carbocycles. The minimum Gasteiger partial charge on any atom is -0.490 e. The highest BCUT2D eigenvalue weighted by molar-refractivity contribution is 9.11. The number of hydrogen-bond acceptors (Lipinski definition) is 4. The minimum absolute atomic E-state index is 0.130. The van der Waals surface area contributed by atoms with E-state index in [-0.39, 0.29) is 11.8 Å². The van der Waals surface area contributed by atoms with E-state index in [1.807, 2.05) is 12.1 Å². The van der Waals surface area contributed by atoms with E-state index in [0.717, 1.165) is 22.0 Å².